The highest BCUT2D eigenvalue weighted by atomic mass is 32.2. The number of hydrogen-bond donors (Lipinski definition) is 0. The van der Waals surface area contributed by atoms with Crippen molar-refractivity contribution in [2.45, 2.75) is 45.9 Å². The molecule has 0 bridgehead atoms. The van der Waals surface area contributed by atoms with Gasteiger partial charge >= 0.3 is 11.7 Å². The zero-order valence-electron chi connectivity index (χ0n) is 18.0. The molecule has 2 rings (SSSR count). The molecule has 12 nitrogen and oxygen atoms in total. The molecular weight excluding hydrogens is 450 g/mol. The van der Waals surface area contributed by atoms with Gasteiger partial charge in [0.05, 0.1) is 23.9 Å². The van der Waals surface area contributed by atoms with Crippen LogP contribution in [0, 0.1) is 22.0 Å². The predicted octanol–water partition coefficient (Wildman–Crippen LogP) is 1.55. The Balaban J connectivity index is 2.33. The number of carbonyl (C=O) groups is 2. The Morgan fingerprint density at radius 3 is 2.53 bits per heavy atom. The summed E-state index contributed by atoms with van der Waals surface area (Å²) in [4.78, 5) is 33.1. The van der Waals surface area contributed by atoms with E-state index in [1.807, 2.05) is 6.92 Å². The molecular formula is C19H25NO11S. The molecule has 2 unspecified atom stereocenters. The third-order valence-corrected chi connectivity index (χ3v) is 5.59. The average molecular weight is 475 g/mol. The van der Waals surface area contributed by atoms with Gasteiger partial charge in [0.15, 0.2) is 11.9 Å². The Morgan fingerprint density at radius 1 is 1.28 bits per heavy atom. The van der Waals surface area contributed by atoms with E-state index in [0.717, 1.165) is 12.3 Å². The number of esters is 1. The van der Waals surface area contributed by atoms with E-state index < -0.39 is 51.8 Å². The van der Waals surface area contributed by atoms with E-state index >= 15 is 0 Å². The maximum atomic E-state index is 11.6. The van der Waals surface area contributed by atoms with Gasteiger partial charge in [0.25, 0.3) is 16.6 Å². The monoisotopic (exact) mass is 475 g/mol. The number of nitro benzene ring substituents is 1. The molecule has 0 aliphatic carbocycles. The van der Waals surface area contributed by atoms with Crippen LogP contribution in [0.15, 0.2) is 18.2 Å². The summed E-state index contributed by atoms with van der Waals surface area (Å²) in [5, 5.41) is 11.6. The van der Waals surface area contributed by atoms with Gasteiger partial charge in [-0.1, -0.05) is 19.9 Å². The van der Waals surface area contributed by atoms with Crippen molar-refractivity contribution in [3.63, 3.8) is 0 Å². The molecule has 1 aromatic carbocycles. The number of ether oxygens (including phenoxy) is 4. The first-order valence-corrected chi connectivity index (χ1v) is 11.4. The van der Waals surface area contributed by atoms with Crippen molar-refractivity contribution in [3.8, 4) is 5.75 Å². The number of benzene rings is 1. The lowest BCUT2D eigenvalue weighted by Gasteiger charge is -2.43. The van der Waals surface area contributed by atoms with E-state index in [1.165, 1.54) is 19.1 Å². The van der Waals surface area contributed by atoms with Crippen LogP contribution in [0.4, 0.5) is 5.69 Å². The van der Waals surface area contributed by atoms with Crippen molar-refractivity contribution >= 4 is 28.2 Å². The second kappa shape index (κ2) is 10.7. The molecule has 0 N–H and O–H groups in total. The zero-order chi connectivity index (χ0) is 24.1. The van der Waals surface area contributed by atoms with Gasteiger partial charge in [-0.2, -0.15) is 8.42 Å². The third-order valence-electron chi connectivity index (χ3n) is 5.04. The van der Waals surface area contributed by atoms with E-state index in [9.17, 15) is 28.1 Å². The van der Waals surface area contributed by atoms with Crippen LogP contribution in [-0.4, -0.2) is 57.1 Å². The topological polar surface area (TPSA) is 158 Å². The first kappa shape index (κ1) is 25.5. The lowest BCUT2D eigenvalue weighted by atomic mass is 9.83. The van der Waals surface area contributed by atoms with Crippen LogP contribution >= 0.6 is 0 Å². The third kappa shape index (κ3) is 6.87. The smallest absolute Gasteiger partial charge is 0.311 e. The number of nitrogens with zero attached hydrogens (tertiary/aromatic N) is 1. The first-order valence-electron chi connectivity index (χ1n) is 9.59. The number of carbonyl (C=O) groups excluding carboxylic acids is 2. The summed E-state index contributed by atoms with van der Waals surface area (Å²) in [6, 6.07) is 3.78. The first-order chi connectivity index (χ1) is 14.9. The normalized spacial score (nSPS) is 25.6. The zero-order valence-corrected chi connectivity index (χ0v) is 18.8. The molecule has 1 saturated heterocycles. The highest BCUT2D eigenvalue weighted by Crippen LogP contribution is 2.37. The molecule has 1 fully saturated rings. The Kier molecular flexibility index (Phi) is 8.52. The Bertz CT molecular complexity index is 949. The molecule has 1 aliphatic heterocycles. The van der Waals surface area contributed by atoms with Gasteiger partial charge < -0.3 is 18.9 Å². The molecule has 0 spiro atoms. The SMILES string of the molecule is CC(=O)OC1[C@H](Oc2ccc(COS(C)(=O)=O)cc2[N+](=O)[O-])OC(COC=O)[C@@H](C)[C@@H]1C. The molecule has 0 aromatic heterocycles. The summed E-state index contributed by atoms with van der Waals surface area (Å²) < 4.78 is 48.7. The van der Waals surface area contributed by atoms with Crippen LogP contribution in [0.1, 0.15) is 26.3 Å². The highest BCUT2D eigenvalue weighted by Gasteiger charge is 2.45. The predicted molar refractivity (Wildman–Crippen MR) is 108 cm³/mol. The van der Waals surface area contributed by atoms with Gasteiger partial charge in [0, 0.05) is 18.9 Å². The van der Waals surface area contributed by atoms with Crippen LogP contribution in [0.2, 0.25) is 0 Å². The van der Waals surface area contributed by atoms with Crippen LogP contribution in [0.3, 0.4) is 0 Å². The highest BCUT2D eigenvalue weighted by molar-refractivity contribution is 7.85. The van der Waals surface area contributed by atoms with Crippen molar-refractivity contribution in [1.29, 1.82) is 0 Å². The number of hydrogen-bond acceptors (Lipinski definition) is 11. The van der Waals surface area contributed by atoms with E-state index in [4.69, 9.17) is 18.9 Å². The molecule has 0 amide bonds. The number of nitro groups is 1. The van der Waals surface area contributed by atoms with E-state index in [0.29, 0.717) is 0 Å². The van der Waals surface area contributed by atoms with Gasteiger partial charge in [-0.15, -0.1) is 0 Å². The number of rotatable bonds is 10. The second-order valence-corrected chi connectivity index (χ2v) is 9.05. The van der Waals surface area contributed by atoms with Crippen LogP contribution in [-0.2, 0) is 44.7 Å². The van der Waals surface area contributed by atoms with Crippen LogP contribution in [0.25, 0.3) is 0 Å². The summed E-state index contributed by atoms with van der Waals surface area (Å²) >= 11 is 0. The van der Waals surface area contributed by atoms with Gasteiger partial charge in [-0.3, -0.25) is 23.9 Å². The summed E-state index contributed by atoms with van der Waals surface area (Å²) in [5.41, 5.74) is -0.230. The molecule has 0 saturated carbocycles. The van der Waals surface area contributed by atoms with Gasteiger partial charge in [0.2, 0.25) is 6.29 Å². The van der Waals surface area contributed by atoms with E-state index in [-0.39, 0.29) is 36.2 Å². The van der Waals surface area contributed by atoms with Crippen molar-refractivity contribution in [2.75, 3.05) is 12.9 Å². The molecule has 1 heterocycles. The van der Waals surface area contributed by atoms with E-state index in [1.54, 1.807) is 6.92 Å². The Morgan fingerprint density at radius 2 is 1.97 bits per heavy atom. The molecule has 1 aromatic rings. The fourth-order valence-electron chi connectivity index (χ4n) is 3.23. The van der Waals surface area contributed by atoms with Crippen molar-refractivity contribution in [3.05, 3.63) is 33.9 Å². The maximum absolute atomic E-state index is 11.6. The lowest BCUT2D eigenvalue weighted by Crippen LogP contribution is -2.54. The Hall–Kier alpha value is -2.77. The lowest BCUT2D eigenvalue weighted by molar-refractivity contribution is -0.387. The molecule has 13 heteroatoms. The summed E-state index contributed by atoms with van der Waals surface area (Å²) in [7, 11) is -3.74. The van der Waals surface area contributed by atoms with Crippen molar-refractivity contribution in [2.24, 2.45) is 11.8 Å². The molecule has 0 radical (unpaired) electrons. The second-order valence-electron chi connectivity index (χ2n) is 7.41. The standard InChI is InChI=1S/C19H25NO11S/c1-11-12(2)18(29-13(3)22)19(31-17(11)9-27-10-21)30-16-6-5-14(7-15(16)20(23)24)8-28-32(4,25)26/h5-7,10-12,17-19H,8-9H2,1-4H3/t11-,12-,17?,18?,19+/m0/s1. The van der Waals surface area contributed by atoms with Gasteiger partial charge in [0.1, 0.15) is 6.61 Å². The van der Waals surface area contributed by atoms with Gasteiger partial charge in [-0.05, 0) is 17.5 Å². The van der Waals surface area contributed by atoms with Crippen molar-refractivity contribution < 1.29 is 46.1 Å². The minimum absolute atomic E-state index is 0.0779. The minimum Gasteiger partial charge on any atom is -0.465 e. The van der Waals surface area contributed by atoms with Gasteiger partial charge in [-0.25, -0.2) is 0 Å². The summed E-state index contributed by atoms with van der Waals surface area (Å²) in [5.74, 6) is -1.25. The fourth-order valence-corrected chi connectivity index (χ4v) is 3.58. The molecule has 178 valence electrons. The largest absolute Gasteiger partial charge is 0.465 e. The summed E-state index contributed by atoms with van der Waals surface area (Å²) in [6.45, 7) is 4.65. The summed E-state index contributed by atoms with van der Waals surface area (Å²) in [6.07, 6.45) is -1.85. The maximum Gasteiger partial charge on any atom is 0.311 e. The van der Waals surface area contributed by atoms with Crippen LogP contribution < -0.4 is 4.74 Å². The molecule has 5 atom stereocenters. The molecule has 1 aliphatic rings. The Labute approximate surface area is 185 Å². The van der Waals surface area contributed by atoms with E-state index in [2.05, 4.69) is 4.18 Å². The fraction of sp³-hybridized carbons (Fsp3) is 0.579. The van der Waals surface area contributed by atoms with Crippen LogP contribution in [0.5, 0.6) is 5.75 Å². The van der Waals surface area contributed by atoms with Crippen molar-refractivity contribution in [1.82, 2.24) is 0 Å². The average Bonchev–Trinajstić information content (AvgIpc) is 2.70. The quantitative estimate of drug-likeness (QED) is 0.159. The molecule has 32 heavy (non-hydrogen) atoms. The minimum atomic E-state index is -3.74.